The molecule has 0 radical (unpaired) electrons. The summed E-state index contributed by atoms with van der Waals surface area (Å²) in [5.74, 6) is -0.0570. The third-order valence-electron chi connectivity index (χ3n) is 4.59. The summed E-state index contributed by atoms with van der Waals surface area (Å²) in [4.78, 5) is 18.8. The minimum atomic E-state index is -0.0570. The quantitative estimate of drug-likeness (QED) is 0.434. The van der Waals surface area contributed by atoms with Crippen molar-refractivity contribution in [3.63, 3.8) is 0 Å². The molecule has 0 aliphatic carbocycles. The molecule has 2 heterocycles. The van der Waals surface area contributed by atoms with Crippen LogP contribution < -0.4 is 0 Å². The highest BCUT2D eigenvalue weighted by atomic mass is 79.9. The van der Waals surface area contributed by atoms with E-state index in [0.717, 1.165) is 27.0 Å². The van der Waals surface area contributed by atoms with Gasteiger partial charge in [-0.1, -0.05) is 46.3 Å². The van der Waals surface area contributed by atoms with Crippen LogP contribution in [0.25, 0.3) is 16.9 Å². The molecule has 4 aromatic rings. The first-order valence-electron chi connectivity index (χ1n) is 9.16. The van der Waals surface area contributed by atoms with E-state index in [2.05, 4.69) is 26.0 Å². The van der Waals surface area contributed by atoms with Crippen molar-refractivity contribution in [2.45, 2.75) is 6.54 Å². The molecule has 0 fully saturated rings. The van der Waals surface area contributed by atoms with Crippen molar-refractivity contribution in [1.29, 1.82) is 0 Å². The normalized spacial score (nSPS) is 10.7. The third-order valence-corrected chi connectivity index (χ3v) is 5.12. The molecule has 2 aromatic heterocycles. The van der Waals surface area contributed by atoms with Crippen LogP contribution in [-0.2, 0) is 6.54 Å². The summed E-state index contributed by atoms with van der Waals surface area (Å²) in [6, 6.07) is 21.5. The average Bonchev–Trinajstić information content (AvgIpc) is 3.25. The highest BCUT2D eigenvalue weighted by Crippen LogP contribution is 2.20. The number of halogens is 1. The van der Waals surface area contributed by atoms with E-state index in [9.17, 15) is 4.79 Å². The van der Waals surface area contributed by atoms with E-state index in [4.69, 9.17) is 0 Å². The van der Waals surface area contributed by atoms with Gasteiger partial charge in [0.1, 0.15) is 0 Å². The number of benzene rings is 2. The highest BCUT2D eigenvalue weighted by Gasteiger charge is 2.13. The smallest absolute Gasteiger partial charge is 0.255 e. The van der Waals surface area contributed by atoms with Crippen LogP contribution in [0.2, 0.25) is 0 Å². The Morgan fingerprint density at radius 1 is 1.00 bits per heavy atom. The van der Waals surface area contributed by atoms with Gasteiger partial charge < -0.3 is 4.90 Å². The van der Waals surface area contributed by atoms with Crippen molar-refractivity contribution in [1.82, 2.24) is 19.7 Å². The number of carbonyl (C=O) groups excluding carboxylic acids is 1. The maximum absolute atomic E-state index is 12.7. The minimum Gasteiger partial charge on any atom is -0.337 e. The fraction of sp³-hybridized carbons (Fsp3) is 0.0870. The predicted octanol–water partition coefficient (Wildman–Crippen LogP) is 4.97. The van der Waals surface area contributed by atoms with E-state index in [1.165, 1.54) is 0 Å². The lowest BCUT2D eigenvalue weighted by Crippen LogP contribution is -2.26. The molecule has 4 rings (SSSR count). The number of pyridine rings is 1. The second kappa shape index (κ2) is 8.41. The van der Waals surface area contributed by atoms with Crippen LogP contribution >= 0.6 is 15.9 Å². The largest absolute Gasteiger partial charge is 0.337 e. The molecule has 0 spiro atoms. The Bertz CT molecular complexity index is 1110. The SMILES string of the molecule is CN(Cc1ccccc1)C(=O)c1ccc(-c2cnn(-c3ccc(Br)cc3)c2)nc1. The van der Waals surface area contributed by atoms with Crippen molar-refractivity contribution in [3.05, 3.63) is 101 Å². The topological polar surface area (TPSA) is 51.0 Å². The molecule has 0 atom stereocenters. The molecule has 0 aliphatic rings. The fourth-order valence-electron chi connectivity index (χ4n) is 3.03. The lowest BCUT2D eigenvalue weighted by molar-refractivity contribution is 0.0784. The Morgan fingerprint density at radius 2 is 1.76 bits per heavy atom. The van der Waals surface area contributed by atoms with Crippen molar-refractivity contribution in [3.8, 4) is 16.9 Å². The number of amides is 1. The fourth-order valence-corrected chi connectivity index (χ4v) is 3.30. The standard InChI is InChI=1S/C23H19BrN4O/c1-27(15-17-5-3-2-4-6-17)23(29)18-7-12-22(25-13-18)19-14-26-28(16-19)21-10-8-20(24)9-11-21/h2-14,16H,15H2,1H3. The van der Waals surface area contributed by atoms with Crippen LogP contribution in [0.4, 0.5) is 0 Å². The maximum Gasteiger partial charge on any atom is 0.255 e. The van der Waals surface area contributed by atoms with Crippen LogP contribution in [0, 0.1) is 0 Å². The lowest BCUT2D eigenvalue weighted by Gasteiger charge is -2.17. The summed E-state index contributed by atoms with van der Waals surface area (Å²) in [6.45, 7) is 0.557. The van der Waals surface area contributed by atoms with Crippen LogP contribution in [0.5, 0.6) is 0 Å². The molecule has 0 saturated carbocycles. The summed E-state index contributed by atoms with van der Waals surface area (Å²) < 4.78 is 2.82. The summed E-state index contributed by atoms with van der Waals surface area (Å²) in [7, 11) is 1.80. The molecule has 0 N–H and O–H groups in total. The monoisotopic (exact) mass is 446 g/mol. The Labute approximate surface area is 177 Å². The molecular weight excluding hydrogens is 428 g/mol. The van der Waals surface area contributed by atoms with Gasteiger partial charge in [-0.25, -0.2) is 4.68 Å². The molecular formula is C23H19BrN4O. The van der Waals surface area contributed by atoms with Gasteiger partial charge in [-0.15, -0.1) is 0 Å². The van der Waals surface area contributed by atoms with Crippen molar-refractivity contribution in [2.75, 3.05) is 7.05 Å². The van der Waals surface area contributed by atoms with Gasteiger partial charge in [0, 0.05) is 36.0 Å². The van der Waals surface area contributed by atoms with E-state index in [0.29, 0.717) is 12.1 Å². The first kappa shape index (κ1) is 19.1. The Morgan fingerprint density at radius 3 is 2.45 bits per heavy atom. The molecule has 0 aliphatic heterocycles. The lowest BCUT2D eigenvalue weighted by atomic mass is 10.1. The number of rotatable bonds is 5. The predicted molar refractivity (Wildman–Crippen MR) is 117 cm³/mol. The summed E-state index contributed by atoms with van der Waals surface area (Å²) in [5.41, 5.74) is 4.29. The summed E-state index contributed by atoms with van der Waals surface area (Å²) >= 11 is 3.44. The van der Waals surface area contributed by atoms with Crippen LogP contribution in [0.1, 0.15) is 15.9 Å². The molecule has 0 saturated heterocycles. The zero-order valence-corrected chi connectivity index (χ0v) is 17.5. The van der Waals surface area contributed by atoms with Crippen molar-refractivity contribution < 1.29 is 4.79 Å². The van der Waals surface area contributed by atoms with Gasteiger partial charge in [0.2, 0.25) is 0 Å². The molecule has 6 heteroatoms. The van der Waals surface area contributed by atoms with Crippen LogP contribution in [0.3, 0.4) is 0 Å². The van der Waals surface area contributed by atoms with E-state index in [-0.39, 0.29) is 5.91 Å². The van der Waals surface area contributed by atoms with Gasteiger partial charge >= 0.3 is 0 Å². The second-order valence-corrected chi connectivity index (χ2v) is 7.64. The van der Waals surface area contributed by atoms with Gasteiger partial charge in [0.15, 0.2) is 0 Å². The molecule has 2 aromatic carbocycles. The number of hydrogen-bond donors (Lipinski definition) is 0. The highest BCUT2D eigenvalue weighted by molar-refractivity contribution is 9.10. The first-order chi connectivity index (χ1) is 14.1. The van der Waals surface area contributed by atoms with Gasteiger partial charge in [0.25, 0.3) is 5.91 Å². The van der Waals surface area contributed by atoms with Gasteiger partial charge in [0.05, 0.1) is 23.1 Å². The van der Waals surface area contributed by atoms with Crippen molar-refractivity contribution >= 4 is 21.8 Å². The average molecular weight is 447 g/mol. The molecule has 0 bridgehead atoms. The summed E-state index contributed by atoms with van der Waals surface area (Å²) in [6.07, 6.45) is 5.32. The molecule has 0 unspecified atom stereocenters. The number of hydrogen-bond acceptors (Lipinski definition) is 3. The second-order valence-electron chi connectivity index (χ2n) is 6.73. The molecule has 29 heavy (non-hydrogen) atoms. The van der Waals surface area contributed by atoms with Crippen LogP contribution in [-0.4, -0.2) is 32.6 Å². The van der Waals surface area contributed by atoms with Gasteiger partial charge in [-0.3, -0.25) is 9.78 Å². The minimum absolute atomic E-state index is 0.0570. The first-order valence-corrected chi connectivity index (χ1v) is 9.96. The Balaban J connectivity index is 1.48. The Kier molecular flexibility index (Phi) is 5.53. The maximum atomic E-state index is 12.7. The number of nitrogens with zero attached hydrogens (tertiary/aromatic N) is 4. The molecule has 5 nitrogen and oxygen atoms in total. The number of carbonyl (C=O) groups is 1. The van der Waals surface area contributed by atoms with Crippen LogP contribution in [0.15, 0.2) is 89.8 Å². The molecule has 1 amide bonds. The van der Waals surface area contributed by atoms with Gasteiger partial charge in [-0.2, -0.15) is 5.10 Å². The summed E-state index contributed by atoms with van der Waals surface area (Å²) in [5, 5.41) is 4.41. The zero-order chi connectivity index (χ0) is 20.2. The van der Waals surface area contributed by atoms with E-state index in [1.54, 1.807) is 29.0 Å². The number of aromatic nitrogens is 3. The van der Waals surface area contributed by atoms with Gasteiger partial charge in [-0.05, 0) is 42.0 Å². The van der Waals surface area contributed by atoms with E-state index < -0.39 is 0 Å². The van der Waals surface area contributed by atoms with E-state index >= 15 is 0 Å². The Hall–Kier alpha value is -3.25. The third kappa shape index (κ3) is 4.43. The zero-order valence-electron chi connectivity index (χ0n) is 15.9. The molecule has 144 valence electrons. The van der Waals surface area contributed by atoms with E-state index in [1.807, 2.05) is 72.9 Å². The van der Waals surface area contributed by atoms with Crippen molar-refractivity contribution in [2.24, 2.45) is 0 Å².